The molecule has 0 saturated carbocycles. The summed E-state index contributed by atoms with van der Waals surface area (Å²) >= 11 is 0. The van der Waals surface area contributed by atoms with Gasteiger partial charge in [-0.25, -0.2) is 9.59 Å². The Hall–Kier alpha value is -2.54. The molecule has 1 saturated heterocycles. The van der Waals surface area contributed by atoms with E-state index in [1.807, 2.05) is 11.9 Å². The maximum absolute atomic E-state index is 11.3. The van der Waals surface area contributed by atoms with E-state index < -0.39 is 0 Å². The fourth-order valence-electron chi connectivity index (χ4n) is 3.52. The molecule has 1 unspecified atom stereocenters. The first-order valence-corrected chi connectivity index (χ1v) is 8.04. The largest absolute Gasteiger partial charge is 0.342 e. The van der Waals surface area contributed by atoms with Crippen LogP contribution in [0.3, 0.4) is 0 Å². The van der Waals surface area contributed by atoms with Gasteiger partial charge in [-0.15, -0.1) is 0 Å². The molecule has 2 aromatic rings. The monoisotopic (exact) mass is 308 g/mol. The van der Waals surface area contributed by atoms with Gasteiger partial charge in [-0.05, 0) is 37.0 Å². The second-order valence-electron chi connectivity index (χ2n) is 6.06. The molecule has 4 heteroatoms. The van der Waals surface area contributed by atoms with Gasteiger partial charge in [0, 0.05) is 23.5 Å². The van der Waals surface area contributed by atoms with Gasteiger partial charge in [0.2, 0.25) is 0 Å². The zero-order chi connectivity index (χ0) is 16.4. The third-order valence-corrected chi connectivity index (χ3v) is 4.51. The molecule has 1 aliphatic heterocycles. The van der Waals surface area contributed by atoms with Crippen molar-refractivity contribution >= 4 is 22.8 Å². The first-order chi connectivity index (χ1) is 11.2. The van der Waals surface area contributed by atoms with Gasteiger partial charge in [0.05, 0.1) is 6.04 Å². The number of piperidine rings is 1. The van der Waals surface area contributed by atoms with Crippen molar-refractivity contribution in [3.63, 3.8) is 0 Å². The van der Waals surface area contributed by atoms with Crippen LogP contribution < -0.4 is 5.32 Å². The van der Waals surface area contributed by atoms with Crippen LogP contribution in [0.4, 0.5) is 0 Å². The maximum Gasteiger partial charge on any atom is 0.148 e. The van der Waals surface area contributed by atoms with E-state index in [0.29, 0.717) is 24.2 Å². The number of aromatic nitrogens is 1. The molecular weight excluding hydrogens is 288 g/mol. The summed E-state index contributed by atoms with van der Waals surface area (Å²) < 4.78 is 2.14. The lowest BCUT2D eigenvalue weighted by Gasteiger charge is -2.26. The Labute approximate surface area is 135 Å². The average Bonchev–Trinajstić information content (AvgIpc) is 2.92. The minimum atomic E-state index is -0.113. The normalized spacial score (nSPS) is 17.7. The summed E-state index contributed by atoms with van der Waals surface area (Å²) in [4.78, 5) is 22.2. The topological polar surface area (TPSA) is 51.1 Å². The molecule has 0 spiro atoms. The Morgan fingerprint density at radius 3 is 2.83 bits per heavy atom. The van der Waals surface area contributed by atoms with Crippen molar-refractivity contribution in [2.75, 3.05) is 0 Å². The van der Waals surface area contributed by atoms with Crippen LogP contribution in [-0.2, 0) is 16.0 Å². The Morgan fingerprint density at radius 1 is 1.30 bits per heavy atom. The van der Waals surface area contributed by atoms with Crippen LogP contribution in [0.1, 0.15) is 43.4 Å². The molecule has 1 aromatic carbocycles. The molecule has 3 rings (SSSR count). The predicted octanol–water partition coefficient (Wildman–Crippen LogP) is 3.26. The van der Waals surface area contributed by atoms with Crippen molar-refractivity contribution in [1.82, 2.24) is 9.88 Å². The van der Waals surface area contributed by atoms with E-state index in [0.717, 1.165) is 18.4 Å². The van der Waals surface area contributed by atoms with E-state index in [2.05, 4.69) is 48.1 Å². The first-order valence-electron chi connectivity index (χ1n) is 8.04. The van der Waals surface area contributed by atoms with E-state index in [4.69, 9.17) is 0 Å². The lowest BCUT2D eigenvalue weighted by Crippen LogP contribution is -2.28. The predicted molar refractivity (Wildman–Crippen MR) is 90.5 cm³/mol. The second kappa shape index (κ2) is 6.29. The third-order valence-electron chi connectivity index (χ3n) is 4.51. The number of carbonyl (C=O) groups excluding carboxylic acids is 2. The van der Waals surface area contributed by atoms with Gasteiger partial charge in [-0.2, -0.15) is 0 Å². The lowest BCUT2D eigenvalue weighted by molar-refractivity contribution is 0.472. The molecule has 1 atom stereocenters. The van der Waals surface area contributed by atoms with Crippen LogP contribution in [-0.4, -0.2) is 16.4 Å². The quantitative estimate of drug-likeness (QED) is 0.886. The molecule has 1 aromatic heterocycles. The van der Waals surface area contributed by atoms with Gasteiger partial charge >= 0.3 is 0 Å². The minimum Gasteiger partial charge on any atom is -0.342 e. The molecule has 0 amide bonds. The molecule has 0 radical (unpaired) electrons. The molecule has 2 heterocycles. The number of benzene rings is 1. The van der Waals surface area contributed by atoms with Crippen molar-refractivity contribution in [3.8, 4) is 0 Å². The Morgan fingerprint density at radius 2 is 2.13 bits per heavy atom. The van der Waals surface area contributed by atoms with E-state index in [1.54, 1.807) is 0 Å². The lowest BCUT2D eigenvalue weighted by atomic mass is 10.0. The molecule has 118 valence electrons. The first kappa shape index (κ1) is 15.4. The van der Waals surface area contributed by atoms with E-state index >= 15 is 0 Å². The Balaban J connectivity index is 2.12. The summed E-state index contributed by atoms with van der Waals surface area (Å²) in [5.74, 6) is 3.82. The number of aryl methyl sites for hydroxylation is 2. The van der Waals surface area contributed by atoms with Crippen LogP contribution in [0.5, 0.6) is 0 Å². The number of nitrogens with one attached hydrogen (secondary N) is 1. The van der Waals surface area contributed by atoms with Gasteiger partial charge in [0.15, 0.2) is 0 Å². The summed E-state index contributed by atoms with van der Waals surface area (Å²) in [6, 6.07) is 6.22. The highest BCUT2D eigenvalue weighted by atomic mass is 16.1. The van der Waals surface area contributed by atoms with Gasteiger partial charge < -0.3 is 9.88 Å². The number of hydrogen-bond donors (Lipinski definition) is 1. The smallest absolute Gasteiger partial charge is 0.148 e. The molecule has 1 fully saturated rings. The van der Waals surface area contributed by atoms with Crippen LogP contribution in [0.2, 0.25) is 0 Å². The number of nitrogens with zero attached hydrogens (tertiary/aromatic N) is 1. The highest BCUT2D eigenvalue weighted by molar-refractivity contribution is 5.87. The highest BCUT2D eigenvalue weighted by Crippen LogP contribution is 2.34. The third kappa shape index (κ3) is 2.63. The van der Waals surface area contributed by atoms with Crippen molar-refractivity contribution < 1.29 is 9.59 Å². The summed E-state index contributed by atoms with van der Waals surface area (Å²) in [5.41, 5.74) is 4.53. The fraction of sp³-hybridized carbons (Fsp3) is 0.368. The molecule has 23 heavy (non-hydrogen) atoms. The number of fused-ring (bicyclic) bond motifs is 1. The SMILES string of the molecule is CCCc1cccc2c1c(C)cn2C1CCC(=C=O)NC1=C=O. The van der Waals surface area contributed by atoms with Crippen LogP contribution in [0.15, 0.2) is 35.8 Å². The average molecular weight is 308 g/mol. The molecule has 1 aliphatic rings. The van der Waals surface area contributed by atoms with E-state index in [9.17, 15) is 9.59 Å². The molecule has 1 N–H and O–H groups in total. The highest BCUT2D eigenvalue weighted by Gasteiger charge is 2.26. The summed E-state index contributed by atoms with van der Waals surface area (Å²) in [5, 5.41) is 4.15. The van der Waals surface area contributed by atoms with Crippen molar-refractivity contribution in [3.05, 3.63) is 46.9 Å². The fourth-order valence-corrected chi connectivity index (χ4v) is 3.52. The van der Waals surface area contributed by atoms with Gasteiger partial charge in [0.1, 0.15) is 23.3 Å². The number of allylic oxidation sites excluding steroid dienone is 2. The summed E-state index contributed by atoms with van der Waals surface area (Å²) in [7, 11) is 0. The summed E-state index contributed by atoms with van der Waals surface area (Å²) in [6.45, 7) is 4.28. The van der Waals surface area contributed by atoms with Crippen molar-refractivity contribution in [2.45, 2.75) is 45.6 Å². The summed E-state index contributed by atoms with van der Waals surface area (Å²) in [6.07, 6.45) is 5.53. The zero-order valence-electron chi connectivity index (χ0n) is 13.5. The standard InChI is InChI=1S/C19H20N2O2/c1-3-5-14-6-4-7-18-19(14)13(2)10-21(18)17-9-8-15(11-22)20-16(17)12-23/h4,6-7,10,17,20H,3,5,8-9H2,1-2H3. The zero-order valence-corrected chi connectivity index (χ0v) is 13.5. The van der Waals surface area contributed by atoms with Crippen molar-refractivity contribution in [2.24, 2.45) is 0 Å². The van der Waals surface area contributed by atoms with Gasteiger partial charge in [-0.1, -0.05) is 25.5 Å². The van der Waals surface area contributed by atoms with E-state index in [-0.39, 0.29) is 6.04 Å². The van der Waals surface area contributed by atoms with Crippen molar-refractivity contribution in [1.29, 1.82) is 0 Å². The molecule has 0 bridgehead atoms. The molecular formula is C19H20N2O2. The molecule has 4 nitrogen and oxygen atoms in total. The Bertz CT molecular complexity index is 850. The number of rotatable bonds is 3. The van der Waals surface area contributed by atoms with Crippen LogP contribution in [0.25, 0.3) is 10.9 Å². The second-order valence-corrected chi connectivity index (χ2v) is 6.06. The Kier molecular flexibility index (Phi) is 4.20. The van der Waals surface area contributed by atoms with E-state index in [1.165, 1.54) is 16.5 Å². The molecule has 0 aliphatic carbocycles. The van der Waals surface area contributed by atoms with Gasteiger partial charge in [-0.3, -0.25) is 0 Å². The minimum absolute atomic E-state index is 0.113. The van der Waals surface area contributed by atoms with Crippen LogP contribution >= 0.6 is 0 Å². The van der Waals surface area contributed by atoms with Crippen LogP contribution in [0, 0.1) is 6.92 Å². The maximum atomic E-state index is 11.3. The number of hydrogen-bond acceptors (Lipinski definition) is 3. The van der Waals surface area contributed by atoms with Gasteiger partial charge in [0.25, 0.3) is 0 Å².